The number of hydrogen-bond donors (Lipinski definition) is 5. The number of nitrogens with zero attached hydrogens (tertiary/aromatic N) is 4. The van der Waals surface area contributed by atoms with E-state index in [2.05, 4.69) is 41.0 Å². The topological polar surface area (TPSA) is 197 Å². The van der Waals surface area contributed by atoms with Crippen LogP contribution in [-0.4, -0.2) is 78.1 Å². The Labute approximate surface area is 393 Å². The summed E-state index contributed by atoms with van der Waals surface area (Å²) in [6.45, 7) is 2.05. The summed E-state index contributed by atoms with van der Waals surface area (Å²) in [5.41, 5.74) is -1.10. The molecule has 68 heavy (non-hydrogen) atoms. The number of alkyl halides is 6. The van der Waals surface area contributed by atoms with Gasteiger partial charge in [0, 0.05) is 39.6 Å². The van der Waals surface area contributed by atoms with E-state index in [4.69, 9.17) is 32.7 Å². The molecule has 1 unspecified atom stereocenters. The third-order valence-corrected chi connectivity index (χ3v) is 12.7. The van der Waals surface area contributed by atoms with Crippen LogP contribution >= 0.6 is 23.2 Å². The predicted molar refractivity (Wildman–Crippen MR) is 234 cm³/mol. The van der Waals surface area contributed by atoms with Gasteiger partial charge in [0.2, 0.25) is 0 Å². The quantitative estimate of drug-likeness (QED) is 0.0527. The highest BCUT2D eigenvalue weighted by Crippen LogP contribution is 2.45. The van der Waals surface area contributed by atoms with Gasteiger partial charge in [-0.15, -0.1) is 0 Å². The van der Waals surface area contributed by atoms with E-state index in [-0.39, 0.29) is 66.1 Å². The van der Waals surface area contributed by atoms with E-state index in [0.29, 0.717) is 44.9 Å². The molecule has 8 rings (SSSR count). The number of fused-ring (bicyclic) bond motifs is 2. The van der Waals surface area contributed by atoms with Crippen molar-refractivity contribution in [1.29, 1.82) is 0 Å². The number of rotatable bonds is 14. The van der Waals surface area contributed by atoms with Crippen LogP contribution in [0.4, 0.5) is 26.3 Å². The Morgan fingerprint density at radius 2 is 1.24 bits per heavy atom. The van der Waals surface area contributed by atoms with Gasteiger partial charge in [-0.25, -0.2) is 9.97 Å². The van der Waals surface area contributed by atoms with Crippen LogP contribution in [0.25, 0.3) is 22.3 Å². The molecule has 22 heteroatoms. The minimum absolute atomic E-state index is 0.00991. The Balaban J connectivity index is 0.930. The molecule has 2 aliphatic rings. The van der Waals surface area contributed by atoms with Gasteiger partial charge in [0.1, 0.15) is 40.3 Å². The van der Waals surface area contributed by atoms with E-state index in [1.165, 1.54) is 24.3 Å². The highest BCUT2D eigenvalue weighted by atomic mass is 35.5. The molecule has 0 radical (unpaired) electrons. The first kappa shape index (κ1) is 48.0. The van der Waals surface area contributed by atoms with Crippen molar-refractivity contribution >= 4 is 41.3 Å². The number of nitrogens with one attached hydrogen (secondary N) is 4. The minimum atomic E-state index is -4.94. The van der Waals surface area contributed by atoms with Crippen molar-refractivity contribution in [3.05, 3.63) is 128 Å². The molecule has 0 saturated heterocycles. The lowest BCUT2D eigenvalue weighted by atomic mass is 9.80. The summed E-state index contributed by atoms with van der Waals surface area (Å²) in [5.74, 6) is -1.69. The zero-order chi connectivity index (χ0) is 48.9. The lowest BCUT2D eigenvalue weighted by Crippen LogP contribution is -2.43. The maximum Gasteiger partial charge on any atom is 0.401 e. The summed E-state index contributed by atoms with van der Waals surface area (Å²) >= 11 is 13.3. The van der Waals surface area contributed by atoms with Crippen LogP contribution in [0.3, 0.4) is 0 Å². The molecule has 2 aromatic heterocycles. The van der Waals surface area contributed by atoms with Crippen LogP contribution in [0.5, 0.6) is 11.5 Å². The molecule has 0 saturated carbocycles. The minimum Gasteiger partial charge on any atom is -0.480 e. The van der Waals surface area contributed by atoms with Gasteiger partial charge in [0.25, 0.3) is 11.8 Å². The lowest BCUT2D eigenvalue weighted by molar-refractivity contribution is -0.187. The number of aldehydes is 1. The first-order chi connectivity index (χ1) is 32.1. The molecule has 4 aromatic carbocycles. The lowest BCUT2D eigenvalue weighted by Gasteiger charge is -2.30. The number of benzene rings is 4. The van der Waals surface area contributed by atoms with Gasteiger partial charge in [-0.1, -0.05) is 65.7 Å². The van der Waals surface area contributed by atoms with Crippen molar-refractivity contribution in [2.75, 3.05) is 0 Å². The number of carbonyl (C=O) groups excluding carboxylic acids is 3. The molecule has 14 nitrogen and oxygen atoms in total. The first-order valence-corrected chi connectivity index (χ1v) is 21.6. The number of hydrogen-bond acceptors (Lipinski definition) is 10. The van der Waals surface area contributed by atoms with Crippen LogP contribution in [0.2, 0.25) is 10.0 Å². The van der Waals surface area contributed by atoms with Crippen molar-refractivity contribution in [2.45, 2.75) is 95.1 Å². The van der Waals surface area contributed by atoms with Crippen LogP contribution in [-0.2, 0) is 59.4 Å². The Morgan fingerprint density at radius 1 is 0.735 bits per heavy atom. The highest BCUT2D eigenvalue weighted by molar-refractivity contribution is 6.34. The largest absolute Gasteiger partial charge is 0.480 e. The fraction of sp³-hybridized carbons (Fsp3) is 0.326. The molecular weight excluding hydrogens is 945 g/mol. The van der Waals surface area contributed by atoms with Crippen molar-refractivity contribution in [1.82, 2.24) is 41.0 Å². The second kappa shape index (κ2) is 18.2. The van der Waals surface area contributed by atoms with E-state index in [9.17, 15) is 32.7 Å². The van der Waals surface area contributed by atoms with Gasteiger partial charge in [0.15, 0.2) is 23.9 Å². The summed E-state index contributed by atoms with van der Waals surface area (Å²) in [7, 11) is 0. The molecule has 0 aliphatic carbocycles. The van der Waals surface area contributed by atoms with Crippen molar-refractivity contribution < 1.29 is 55.3 Å². The smallest absolute Gasteiger partial charge is 0.401 e. The SMILES string of the molecule is CC(C)(c1n[nH]c(CNC(=O)[C@H]2Cc3cc(Cl)c(-c4ccc(C=O)c(CC(C)(c5n[nH]c(CNC(=O)[C@H]6Cc7cc(Cl)c(-c8ccc(CO)cc8)cc7O6)n5)C(F)(F)F)c4)cc3O2)n1)C(F)(F)F. The number of aliphatic hydroxyl groups excluding tert-OH is 1. The second-order valence-corrected chi connectivity index (χ2v) is 18.0. The summed E-state index contributed by atoms with van der Waals surface area (Å²) in [6, 6.07) is 17.9. The number of halogens is 8. The Bertz CT molecular complexity index is 2920. The molecule has 6 aromatic rings. The van der Waals surface area contributed by atoms with E-state index in [0.717, 1.165) is 31.9 Å². The third-order valence-electron chi connectivity index (χ3n) is 12.1. The van der Waals surface area contributed by atoms with Crippen LogP contribution in [0, 0.1) is 0 Å². The molecular formula is C46H40Cl2F6N8O6. The van der Waals surface area contributed by atoms with Crippen LogP contribution < -0.4 is 20.1 Å². The van der Waals surface area contributed by atoms with Gasteiger partial charge in [0.05, 0.1) is 19.7 Å². The molecule has 0 spiro atoms. The molecule has 0 bridgehead atoms. The van der Waals surface area contributed by atoms with Crippen molar-refractivity contribution in [3.8, 4) is 33.8 Å². The number of aromatic nitrogens is 6. The van der Waals surface area contributed by atoms with Crippen molar-refractivity contribution in [2.24, 2.45) is 0 Å². The van der Waals surface area contributed by atoms with Gasteiger partial charge in [-0.3, -0.25) is 24.6 Å². The molecule has 4 heterocycles. The summed E-state index contributed by atoms with van der Waals surface area (Å²) in [4.78, 5) is 46.6. The van der Waals surface area contributed by atoms with Crippen LogP contribution in [0.15, 0.2) is 66.7 Å². The fourth-order valence-electron chi connectivity index (χ4n) is 7.74. The van der Waals surface area contributed by atoms with Crippen LogP contribution in [0.1, 0.15) is 76.7 Å². The van der Waals surface area contributed by atoms with E-state index >= 15 is 13.2 Å². The summed E-state index contributed by atoms with van der Waals surface area (Å²) < 4.78 is 97.6. The number of ether oxygens (including phenoxy) is 2. The number of amides is 2. The molecule has 0 fully saturated rings. The van der Waals surface area contributed by atoms with E-state index in [1.54, 1.807) is 42.5 Å². The Kier molecular flexibility index (Phi) is 12.8. The number of H-pyrrole nitrogens is 2. The number of carbonyl (C=O) groups is 3. The molecule has 356 valence electrons. The van der Waals surface area contributed by atoms with Gasteiger partial charge in [-0.2, -0.15) is 36.5 Å². The van der Waals surface area contributed by atoms with Gasteiger partial charge < -0.3 is 25.2 Å². The monoisotopic (exact) mass is 984 g/mol. The summed E-state index contributed by atoms with van der Waals surface area (Å²) in [6.07, 6.45) is -11.7. The van der Waals surface area contributed by atoms with E-state index in [1.807, 2.05) is 0 Å². The Hall–Kier alpha value is -6.51. The number of aromatic amines is 2. The fourth-order valence-corrected chi connectivity index (χ4v) is 8.33. The molecule has 5 N–H and O–H groups in total. The maximum atomic E-state index is 15.1. The molecule has 2 amide bonds. The zero-order valence-corrected chi connectivity index (χ0v) is 37.6. The standard InChI is InChI=1S/C46H40Cl2F6N8O6/c1-43(2,45(49,50)51)41-57-37(59-61-41)18-55-39(65)36-14-27-12-32(48)30(16-34(27)68-36)24-8-9-25(21-64)28(10-24)17-44(3,46(52,53)54)42-58-38(60-62-42)19-56-40(66)35-13-26-11-31(47)29(15-33(26)67-35)23-6-4-22(20-63)5-7-23/h4-12,15-16,21,35-36,63H,13-14,17-20H2,1-3H3,(H,55,65)(H,56,66)(H,57,59,61)(H,58,60,62)/t35-,36-,44?/m1/s1. The van der Waals surface area contributed by atoms with Gasteiger partial charge in [-0.05, 0) is 84.8 Å². The highest BCUT2D eigenvalue weighted by Gasteiger charge is 2.55. The predicted octanol–water partition coefficient (Wildman–Crippen LogP) is 8.01. The molecule has 2 aliphatic heterocycles. The zero-order valence-electron chi connectivity index (χ0n) is 36.1. The van der Waals surface area contributed by atoms with Gasteiger partial charge >= 0.3 is 12.4 Å². The van der Waals surface area contributed by atoms with E-state index < -0.39 is 65.3 Å². The Morgan fingerprint density at radius 3 is 1.74 bits per heavy atom. The normalized spacial score (nSPS) is 16.6. The average molecular weight is 986 g/mol. The first-order valence-electron chi connectivity index (χ1n) is 20.9. The third kappa shape index (κ3) is 9.36. The maximum absolute atomic E-state index is 15.1. The summed E-state index contributed by atoms with van der Waals surface area (Å²) in [5, 5.41) is 27.6. The molecule has 3 atom stereocenters. The van der Waals surface area contributed by atoms with Crippen molar-refractivity contribution in [3.63, 3.8) is 0 Å². The second-order valence-electron chi connectivity index (χ2n) is 17.2. The average Bonchev–Trinajstić information content (AvgIpc) is 4.13. The number of aliphatic hydroxyl groups is 1.